The zero-order chi connectivity index (χ0) is 13.1. The largest absolute Gasteiger partial charge is 0.415 e. The fraction of sp³-hybridized carbons (Fsp3) is 0.455. The van der Waals surface area contributed by atoms with E-state index in [-0.39, 0.29) is 0 Å². The topological polar surface area (TPSA) is 23.5 Å². The predicted molar refractivity (Wildman–Crippen MR) is 59.8 cm³/mol. The molecule has 1 rings (SSSR count). The Kier molecular flexibility index (Phi) is 4.80. The van der Waals surface area contributed by atoms with Gasteiger partial charge in [0.25, 0.3) is 0 Å². The number of likely N-dealkylation sites (N-methyl/N-ethyl adjacent to an activating group) is 1. The lowest BCUT2D eigenvalue weighted by Crippen LogP contribution is -2.39. The maximum Gasteiger partial charge on any atom is 0.415 e. The van der Waals surface area contributed by atoms with Crippen molar-refractivity contribution in [1.82, 2.24) is 4.90 Å². The van der Waals surface area contributed by atoms with E-state index >= 15 is 0 Å². The Labute approximate surface area is 103 Å². The van der Waals surface area contributed by atoms with Crippen molar-refractivity contribution >= 4 is 11.6 Å². The van der Waals surface area contributed by atoms with Crippen molar-refractivity contribution in [3.63, 3.8) is 0 Å². The van der Waals surface area contributed by atoms with Crippen molar-refractivity contribution in [1.29, 1.82) is 0 Å². The summed E-state index contributed by atoms with van der Waals surface area (Å²) >= 11 is 5.76. The lowest BCUT2D eigenvalue weighted by atomic mass is 10.2. The lowest BCUT2D eigenvalue weighted by molar-refractivity contribution is -0.207. The Morgan fingerprint density at radius 3 is 2.59 bits per heavy atom. The van der Waals surface area contributed by atoms with Crippen molar-refractivity contribution in [3.8, 4) is 0 Å². The lowest BCUT2D eigenvalue weighted by Gasteiger charge is -2.22. The average molecular weight is 268 g/mol. The second-order valence-electron chi connectivity index (χ2n) is 3.88. The molecule has 1 unspecified atom stereocenters. The summed E-state index contributed by atoms with van der Waals surface area (Å²) in [5.74, 6) is 0. The molecule has 0 fully saturated rings. The van der Waals surface area contributed by atoms with Crippen LogP contribution in [0.3, 0.4) is 0 Å². The molecule has 1 aromatic carbocycles. The van der Waals surface area contributed by atoms with E-state index in [1.165, 1.54) is 11.9 Å². The minimum absolute atomic E-state index is 0.299. The van der Waals surface area contributed by atoms with E-state index in [0.717, 1.165) is 5.56 Å². The highest BCUT2D eigenvalue weighted by Gasteiger charge is 2.38. The van der Waals surface area contributed by atoms with Crippen LogP contribution >= 0.6 is 11.6 Å². The van der Waals surface area contributed by atoms with Crippen LogP contribution in [0.15, 0.2) is 24.3 Å². The van der Waals surface area contributed by atoms with E-state index in [9.17, 15) is 13.2 Å². The highest BCUT2D eigenvalue weighted by molar-refractivity contribution is 6.30. The molecule has 0 aromatic heterocycles. The Hall–Kier alpha value is -0.780. The van der Waals surface area contributed by atoms with Crippen LogP contribution in [-0.4, -0.2) is 35.9 Å². The Morgan fingerprint density at radius 1 is 1.41 bits per heavy atom. The fourth-order valence-corrected chi connectivity index (χ4v) is 1.62. The number of aliphatic hydroxyl groups is 1. The van der Waals surface area contributed by atoms with Crippen molar-refractivity contribution in [3.05, 3.63) is 34.9 Å². The summed E-state index contributed by atoms with van der Waals surface area (Å²) in [6.45, 7) is -0.163. The minimum atomic E-state index is -4.58. The molecule has 2 nitrogen and oxygen atoms in total. The summed E-state index contributed by atoms with van der Waals surface area (Å²) in [5.41, 5.74) is 0.800. The van der Waals surface area contributed by atoms with Crippen LogP contribution in [0, 0.1) is 0 Å². The van der Waals surface area contributed by atoms with Crippen LogP contribution in [-0.2, 0) is 6.54 Å². The number of aliphatic hydroxyl groups excluding tert-OH is 1. The SMILES string of the molecule is CN(Cc1cccc(Cl)c1)CC(O)C(F)(F)F. The van der Waals surface area contributed by atoms with Crippen LogP contribution in [0.1, 0.15) is 5.56 Å². The smallest absolute Gasteiger partial charge is 0.382 e. The molecule has 0 heterocycles. The molecule has 0 aliphatic carbocycles. The molecule has 1 aromatic rings. The molecule has 0 saturated carbocycles. The van der Waals surface area contributed by atoms with Crippen molar-refractivity contribution in [2.24, 2.45) is 0 Å². The third kappa shape index (κ3) is 4.93. The van der Waals surface area contributed by atoms with Gasteiger partial charge in [0, 0.05) is 18.1 Å². The summed E-state index contributed by atoms with van der Waals surface area (Å²) in [5, 5.41) is 9.43. The van der Waals surface area contributed by atoms with Crippen molar-refractivity contribution < 1.29 is 18.3 Å². The van der Waals surface area contributed by atoms with E-state index in [4.69, 9.17) is 16.7 Å². The molecule has 96 valence electrons. The van der Waals surface area contributed by atoms with Gasteiger partial charge in [0.05, 0.1) is 0 Å². The molecule has 0 radical (unpaired) electrons. The van der Waals surface area contributed by atoms with Crippen molar-refractivity contribution in [2.75, 3.05) is 13.6 Å². The van der Waals surface area contributed by atoms with Crippen molar-refractivity contribution in [2.45, 2.75) is 18.8 Å². The number of hydrogen-bond donors (Lipinski definition) is 1. The van der Waals surface area contributed by atoms with E-state index in [1.807, 2.05) is 0 Å². The molecule has 0 amide bonds. The standard InChI is InChI=1S/C11H13ClF3NO/c1-16(7-10(17)11(13,14)15)6-8-3-2-4-9(12)5-8/h2-5,10,17H,6-7H2,1H3. The fourth-order valence-electron chi connectivity index (χ4n) is 1.41. The van der Waals surface area contributed by atoms with E-state index < -0.39 is 18.8 Å². The molecule has 0 aliphatic rings. The van der Waals surface area contributed by atoms with Gasteiger partial charge in [0.1, 0.15) is 0 Å². The van der Waals surface area contributed by atoms with Gasteiger partial charge in [-0.25, -0.2) is 0 Å². The molecular formula is C11H13ClF3NO. The molecule has 6 heteroatoms. The normalized spacial score (nSPS) is 14.1. The van der Waals surface area contributed by atoms with E-state index in [1.54, 1.807) is 24.3 Å². The monoisotopic (exact) mass is 267 g/mol. The zero-order valence-corrected chi connectivity index (χ0v) is 9.96. The van der Waals surface area contributed by atoms with Crippen LogP contribution in [0.4, 0.5) is 13.2 Å². The number of nitrogens with zero attached hydrogens (tertiary/aromatic N) is 1. The molecule has 0 bridgehead atoms. The quantitative estimate of drug-likeness (QED) is 0.907. The minimum Gasteiger partial charge on any atom is -0.382 e. The van der Waals surface area contributed by atoms with Gasteiger partial charge in [0.2, 0.25) is 0 Å². The molecule has 0 spiro atoms. The molecule has 0 saturated heterocycles. The second kappa shape index (κ2) is 5.71. The molecular weight excluding hydrogens is 255 g/mol. The number of alkyl halides is 3. The predicted octanol–water partition coefficient (Wildman–Crippen LogP) is 2.70. The first-order valence-electron chi connectivity index (χ1n) is 4.97. The summed E-state index contributed by atoms with van der Waals surface area (Å²) in [6.07, 6.45) is -6.91. The van der Waals surface area contributed by atoms with Gasteiger partial charge in [-0.1, -0.05) is 23.7 Å². The van der Waals surface area contributed by atoms with Gasteiger partial charge in [-0.2, -0.15) is 13.2 Å². The Balaban J connectivity index is 2.53. The van der Waals surface area contributed by atoms with Gasteiger partial charge in [-0.15, -0.1) is 0 Å². The first-order valence-corrected chi connectivity index (χ1v) is 5.34. The maximum atomic E-state index is 12.1. The van der Waals surface area contributed by atoms with Gasteiger partial charge < -0.3 is 5.11 Å². The number of rotatable bonds is 4. The number of benzene rings is 1. The maximum absolute atomic E-state index is 12.1. The van der Waals surface area contributed by atoms with Gasteiger partial charge >= 0.3 is 6.18 Å². The summed E-state index contributed by atoms with van der Waals surface area (Å²) in [6, 6.07) is 6.86. The summed E-state index contributed by atoms with van der Waals surface area (Å²) in [4.78, 5) is 1.39. The van der Waals surface area contributed by atoms with Crippen LogP contribution in [0.2, 0.25) is 5.02 Å². The Morgan fingerprint density at radius 2 is 2.06 bits per heavy atom. The summed E-state index contributed by atoms with van der Waals surface area (Å²) in [7, 11) is 1.51. The van der Waals surface area contributed by atoms with Crippen LogP contribution < -0.4 is 0 Å². The summed E-state index contributed by atoms with van der Waals surface area (Å²) < 4.78 is 36.3. The van der Waals surface area contributed by atoms with Gasteiger partial charge in [-0.3, -0.25) is 4.90 Å². The average Bonchev–Trinajstić information content (AvgIpc) is 2.15. The van der Waals surface area contributed by atoms with E-state index in [0.29, 0.717) is 11.6 Å². The molecule has 1 N–H and O–H groups in total. The molecule has 0 aliphatic heterocycles. The van der Waals surface area contributed by atoms with Gasteiger partial charge in [0.15, 0.2) is 6.10 Å². The first kappa shape index (κ1) is 14.3. The molecule has 17 heavy (non-hydrogen) atoms. The van der Waals surface area contributed by atoms with E-state index in [2.05, 4.69) is 0 Å². The third-order valence-electron chi connectivity index (χ3n) is 2.20. The Bertz CT molecular complexity index is 370. The highest BCUT2D eigenvalue weighted by Crippen LogP contribution is 2.21. The van der Waals surface area contributed by atoms with Gasteiger partial charge in [-0.05, 0) is 24.7 Å². The first-order chi connectivity index (χ1) is 7.79. The zero-order valence-electron chi connectivity index (χ0n) is 9.21. The molecule has 1 atom stereocenters. The van der Waals surface area contributed by atoms with Crippen LogP contribution in [0.5, 0.6) is 0 Å². The number of hydrogen-bond acceptors (Lipinski definition) is 2. The van der Waals surface area contributed by atoms with Crippen LogP contribution in [0.25, 0.3) is 0 Å². The second-order valence-corrected chi connectivity index (χ2v) is 4.32. The third-order valence-corrected chi connectivity index (χ3v) is 2.44. The highest BCUT2D eigenvalue weighted by atomic mass is 35.5. The number of halogens is 4.